The van der Waals surface area contributed by atoms with Gasteiger partial charge in [-0.2, -0.15) is 14.0 Å². The molecule has 0 spiro atoms. The first kappa shape index (κ1) is 16.2. The molecule has 1 N–H and O–H groups in total. The lowest BCUT2D eigenvalue weighted by Gasteiger charge is -2.12. The number of alkyl halides is 2. The molecule has 5 nitrogen and oxygen atoms in total. The lowest BCUT2D eigenvalue weighted by atomic mass is 10.2. The van der Waals surface area contributed by atoms with Gasteiger partial charge in [-0.05, 0) is 30.3 Å². The van der Waals surface area contributed by atoms with Gasteiger partial charge in [-0.15, -0.1) is 0 Å². The van der Waals surface area contributed by atoms with Crippen LogP contribution in [-0.2, 0) is 4.79 Å². The van der Waals surface area contributed by atoms with E-state index in [1.807, 2.05) is 6.07 Å². The summed E-state index contributed by atoms with van der Waals surface area (Å²) in [6, 6.07) is 14.1. The number of amides is 1. The Labute approximate surface area is 131 Å². The van der Waals surface area contributed by atoms with Crippen molar-refractivity contribution in [3.05, 3.63) is 54.1 Å². The molecule has 0 unspecified atom stereocenters. The Bertz CT molecular complexity index is 729. The summed E-state index contributed by atoms with van der Waals surface area (Å²) in [5.41, 5.74) is 0.519. The molecule has 0 fully saturated rings. The molecule has 1 amide bonds. The minimum Gasteiger partial charge on any atom is -0.484 e. The second-order valence-corrected chi connectivity index (χ2v) is 4.35. The minimum atomic E-state index is -2.99. The van der Waals surface area contributed by atoms with E-state index in [1.165, 1.54) is 24.3 Å². The van der Waals surface area contributed by atoms with E-state index in [9.17, 15) is 13.6 Å². The smallest absolute Gasteiger partial charge is 0.387 e. The maximum Gasteiger partial charge on any atom is 0.387 e. The van der Waals surface area contributed by atoms with Crippen LogP contribution in [0.3, 0.4) is 0 Å². The number of hydrogen-bond acceptors (Lipinski definition) is 4. The topological polar surface area (TPSA) is 71.3 Å². The molecular formula is C16H12F2N2O3. The SMILES string of the molecule is N#Cc1cccc(OCC(=O)Nc2ccccc2OC(F)F)c1. The number of anilines is 1. The molecule has 0 saturated heterocycles. The summed E-state index contributed by atoms with van der Waals surface area (Å²) in [5, 5.41) is 11.2. The van der Waals surface area contributed by atoms with Gasteiger partial charge in [-0.25, -0.2) is 0 Å². The molecule has 0 aliphatic heterocycles. The molecule has 0 aliphatic carbocycles. The van der Waals surface area contributed by atoms with Crippen molar-refractivity contribution in [1.82, 2.24) is 0 Å². The van der Waals surface area contributed by atoms with Crippen LogP contribution < -0.4 is 14.8 Å². The fraction of sp³-hybridized carbons (Fsp3) is 0.125. The third-order valence-corrected chi connectivity index (χ3v) is 2.71. The second-order valence-electron chi connectivity index (χ2n) is 4.35. The van der Waals surface area contributed by atoms with Gasteiger partial charge in [0, 0.05) is 0 Å². The van der Waals surface area contributed by atoms with Crippen molar-refractivity contribution in [1.29, 1.82) is 5.26 Å². The largest absolute Gasteiger partial charge is 0.484 e. The van der Waals surface area contributed by atoms with E-state index >= 15 is 0 Å². The summed E-state index contributed by atoms with van der Waals surface area (Å²) < 4.78 is 34.2. The summed E-state index contributed by atoms with van der Waals surface area (Å²) in [6.45, 7) is -3.32. The van der Waals surface area contributed by atoms with E-state index in [-0.39, 0.29) is 18.0 Å². The van der Waals surface area contributed by atoms with Gasteiger partial charge in [0.2, 0.25) is 0 Å². The number of halogens is 2. The molecule has 0 aromatic heterocycles. The van der Waals surface area contributed by atoms with Crippen LogP contribution in [0.4, 0.5) is 14.5 Å². The first-order chi connectivity index (χ1) is 11.1. The highest BCUT2D eigenvalue weighted by Crippen LogP contribution is 2.25. The number of nitriles is 1. The number of benzene rings is 2. The number of nitrogens with one attached hydrogen (secondary N) is 1. The van der Waals surface area contributed by atoms with Crippen molar-refractivity contribution >= 4 is 11.6 Å². The average Bonchev–Trinajstić information content (AvgIpc) is 2.54. The van der Waals surface area contributed by atoms with Gasteiger partial charge >= 0.3 is 6.61 Å². The van der Waals surface area contributed by atoms with Crippen LogP contribution in [0.25, 0.3) is 0 Å². The van der Waals surface area contributed by atoms with Crippen molar-refractivity contribution in [3.8, 4) is 17.6 Å². The van der Waals surface area contributed by atoms with Gasteiger partial charge in [-0.3, -0.25) is 4.79 Å². The highest BCUT2D eigenvalue weighted by molar-refractivity contribution is 5.93. The van der Waals surface area contributed by atoms with Crippen LogP contribution in [0.5, 0.6) is 11.5 Å². The predicted octanol–water partition coefficient (Wildman–Crippen LogP) is 3.18. The Kier molecular flexibility index (Phi) is 5.47. The van der Waals surface area contributed by atoms with E-state index in [1.54, 1.807) is 24.3 Å². The van der Waals surface area contributed by atoms with Crippen LogP contribution >= 0.6 is 0 Å². The van der Waals surface area contributed by atoms with Crippen LogP contribution in [0.15, 0.2) is 48.5 Å². The fourth-order valence-corrected chi connectivity index (χ4v) is 1.76. The van der Waals surface area contributed by atoms with Crippen molar-refractivity contribution in [2.45, 2.75) is 6.61 Å². The molecule has 0 aliphatic rings. The third-order valence-electron chi connectivity index (χ3n) is 2.71. The quantitative estimate of drug-likeness (QED) is 0.888. The van der Waals surface area contributed by atoms with E-state index in [4.69, 9.17) is 10.00 Å². The van der Waals surface area contributed by atoms with Gasteiger partial charge < -0.3 is 14.8 Å². The van der Waals surface area contributed by atoms with Crippen LogP contribution in [0, 0.1) is 11.3 Å². The highest BCUT2D eigenvalue weighted by Gasteiger charge is 2.12. The Hall–Kier alpha value is -3.14. The van der Waals surface area contributed by atoms with E-state index in [0.717, 1.165) is 0 Å². The highest BCUT2D eigenvalue weighted by atomic mass is 19.3. The van der Waals surface area contributed by atoms with Crippen molar-refractivity contribution in [2.24, 2.45) is 0 Å². The lowest BCUT2D eigenvalue weighted by molar-refractivity contribution is -0.118. The molecule has 7 heteroatoms. The Morgan fingerprint density at radius 2 is 2.00 bits per heavy atom. The second kappa shape index (κ2) is 7.75. The number of carbonyl (C=O) groups excluding carboxylic acids is 1. The molecule has 0 bridgehead atoms. The van der Waals surface area contributed by atoms with E-state index in [0.29, 0.717) is 11.3 Å². The molecule has 0 radical (unpaired) electrons. The first-order valence-corrected chi connectivity index (χ1v) is 6.55. The Balaban J connectivity index is 1.96. The molecule has 0 saturated carbocycles. The summed E-state index contributed by atoms with van der Waals surface area (Å²) in [4.78, 5) is 11.8. The molecule has 23 heavy (non-hydrogen) atoms. The van der Waals surface area contributed by atoms with Gasteiger partial charge in [-0.1, -0.05) is 18.2 Å². The molecule has 2 aromatic carbocycles. The monoisotopic (exact) mass is 318 g/mol. The Morgan fingerprint density at radius 3 is 2.74 bits per heavy atom. The zero-order valence-electron chi connectivity index (χ0n) is 11.8. The maximum atomic E-state index is 12.3. The van der Waals surface area contributed by atoms with Crippen LogP contribution in [0.1, 0.15) is 5.56 Å². The normalized spacial score (nSPS) is 10.0. The van der Waals surface area contributed by atoms with Gasteiger partial charge in [0.15, 0.2) is 6.61 Å². The van der Waals surface area contributed by atoms with Gasteiger partial charge in [0.1, 0.15) is 11.5 Å². The van der Waals surface area contributed by atoms with Crippen molar-refractivity contribution < 1.29 is 23.0 Å². The lowest BCUT2D eigenvalue weighted by Crippen LogP contribution is -2.20. The van der Waals surface area contributed by atoms with Gasteiger partial charge in [0.25, 0.3) is 5.91 Å². The van der Waals surface area contributed by atoms with Crippen molar-refractivity contribution in [2.75, 3.05) is 11.9 Å². The van der Waals surface area contributed by atoms with Crippen LogP contribution in [0.2, 0.25) is 0 Å². The molecule has 0 atom stereocenters. The molecule has 118 valence electrons. The summed E-state index contributed by atoms with van der Waals surface area (Å²) in [7, 11) is 0. The summed E-state index contributed by atoms with van der Waals surface area (Å²) in [6.07, 6.45) is 0. The summed E-state index contributed by atoms with van der Waals surface area (Å²) in [5.74, 6) is -0.323. The molecule has 2 rings (SSSR count). The number of rotatable bonds is 6. The number of ether oxygens (including phenoxy) is 2. The van der Waals surface area contributed by atoms with E-state index < -0.39 is 12.5 Å². The number of para-hydroxylation sites is 2. The molecular weight excluding hydrogens is 306 g/mol. The van der Waals surface area contributed by atoms with Crippen molar-refractivity contribution in [3.63, 3.8) is 0 Å². The summed E-state index contributed by atoms with van der Waals surface area (Å²) >= 11 is 0. The minimum absolute atomic E-state index is 0.118. The third kappa shape index (κ3) is 4.97. The zero-order valence-corrected chi connectivity index (χ0v) is 11.8. The number of carbonyl (C=O) groups is 1. The van der Waals surface area contributed by atoms with Gasteiger partial charge in [0.05, 0.1) is 17.3 Å². The molecule has 2 aromatic rings. The standard InChI is InChI=1S/C16H12F2N2O3/c17-16(18)23-14-7-2-1-6-13(14)20-15(21)10-22-12-5-3-4-11(8-12)9-19/h1-8,16H,10H2,(H,20,21). The fourth-order valence-electron chi connectivity index (χ4n) is 1.76. The first-order valence-electron chi connectivity index (χ1n) is 6.55. The Morgan fingerprint density at radius 1 is 1.22 bits per heavy atom. The van der Waals surface area contributed by atoms with E-state index in [2.05, 4.69) is 10.1 Å². The maximum absolute atomic E-state index is 12.3. The van der Waals surface area contributed by atoms with Crippen LogP contribution in [-0.4, -0.2) is 19.1 Å². The average molecular weight is 318 g/mol. The number of hydrogen-bond donors (Lipinski definition) is 1. The predicted molar refractivity (Wildman–Crippen MR) is 78.4 cm³/mol. The number of nitrogens with zero attached hydrogens (tertiary/aromatic N) is 1. The molecule has 0 heterocycles. The zero-order chi connectivity index (χ0) is 16.7.